The molecule has 27 heavy (non-hydrogen) atoms. The van der Waals surface area contributed by atoms with Crippen LogP contribution in [0, 0.1) is 17.2 Å². The molecule has 4 fully saturated rings. The van der Waals surface area contributed by atoms with E-state index in [2.05, 4.69) is 0 Å². The lowest BCUT2D eigenvalue weighted by Gasteiger charge is -2.51. The fourth-order valence-electron chi connectivity index (χ4n) is 5.39. The molecule has 3 aliphatic carbocycles. The smallest absolute Gasteiger partial charge is 0.225 e. The molecular weight excluding hydrogens is 345 g/mol. The molecule has 1 atom stereocenters. The van der Waals surface area contributed by atoms with Gasteiger partial charge < -0.3 is 14.7 Å². The summed E-state index contributed by atoms with van der Waals surface area (Å²) in [4.78, 5) is 14.5. The minimum Gasteiger partial charge on any atom is -0.490 e. The lowest BCUT2D eigenvalue weighted by Crippen LogP contribution is -2.61. The second-order valence-corrected chi connectivity index (χ2v) is 9.74. The van der Waals surface area contributed by atoms with Crippen molar-refractivity contribution in [3.63, 3.8) is 0 Å². The Morgan fingerprint density at radius 3 is 2.63 bits per heavy atom. The normalized spacial score (nSPS) is 34.3. The van der Waals surface area contributed by atoms with Crippen molar-refractivity contribution in [2.24, 2.45) is 11.3 Å². The highest BCUT2D eigenvalue weighted by atomic mass is 19.1. The van der Waals surface area contributed by atoms with E-state index in [0.717, 1.165) is 56.5 Å². The number of ether oxygens (including phenoxy) is 1. The topological polar surface area (TPSA) is 49.8 Å². The van der Waals surface area contributed by atoms with E-state index >= 15 is 0 Å². The number of amides is 1. The second-order valence-electron chi connectivity index (χ2n) is 9.74. The van der Waals surface area contributed by atoms with Gasteiger partial charge in [0.15, 0.2) is 0 Å². The molecule has 1 saturated heterocycles. The van der Waals surface area contributed by atoms with E-state index in [1.165, 1.54) is 6.07 Å². The summed E-state index contributed by atoms with van der Waals surface area (Å²) in [6.45, 7) is 3.44. The molecule has 0 bridgehead atoms. The summed E-state index contributed by atoms with van der Waals surface area (Å²) in [6.07, 6.45) is 6.54. The molecule has 0 radical (unpaired) electrons. The number of benzene rings is 1. The molecule has 4 nitrogen and oxygen atoms in total. The Labute approximate surface area is 159 Å². The Kier molecular flexibility index (Phi) is 3.84. The molecule has 1 unspecified atom stereocenters. The predicted octanol–water partition coefficient (Wildman–Crippen LogP) is 3.62. The molecule has 5 heteroatoms. The average Bonchev–Trinajstić information content (AvgIpc) is 3.32. The van der Waals surface area contributed by atoms with Crippen LogP contribution in [0.4, 0.5) is 4.39 Å². The summed E-state index contributed by atoms with van der Waals surface area (Å²) in [5, 5.41) is 9.85. The van der Waals surface area contributed by atoms with Crippen LogP contribution in [-0.2, 0) is 4.79 Å². The summed E-state index contributed by atoms with van der Waals surface area (Å²) in [6, 6.07) is 5.16. The average molecular weight is 373 g/mol. The molecular formula is C22H28FNO3. The monoisotopic (exact) mass is 373 g/mol. The van der Waals surface area contributed by atoms with Crippen molar-refractivity contribution in [1.82, 2.24) is 4.90 Å². The molecule has 1 heterocycles. The van der Waals surface area contributed by atoms with E-state index in [1.807, 2.05) is 11.0 Å². The van der Waals surface area contributed by atoms with Gasteiger partial charge in [-0.3, -0.25) is 4.79 Å². The number of hydrogen-bond acceptors (Lipinski definition) is 3. The van der Waals surface area contributed by atoms with Crippen LogP contribution in [0.25, 0.3) is 0 Å². The molecule has 1 spiro atoms. The van der Waals surface area contributed by atoms with E-state index in [0.29, 0.717) is 18.8 Å². The Morgan fingerprint density at radius 1 is 1.22 bits per heavy atom. The SMILES string of the molecule is CC1(O)CC(C(=O)N2CC3(CCC(Oc4ccc(F)c(C5CC5)c4)C3)C2)C1. The maximum Gasteiger partial charge on any atom is 0.225 e. The van der Waals surface area contributed by atoms with Crippen LogP contribution >= 0.6 is 0 Å². The number of aliphatic hydroxyl groups is 1. The first kappa shape index (κ1) is 17.5. The zero-order valence-electron chi connectivity index (χ0n) is 15.9. The third-order valence-corrected chi connectivity index (χ3v) is 7.03. The van der Waals surface area contributed by atoms with E-state index in [9.17, 15) is 14.3 Å². The first-order valence-electron chi connectivity index (χ1n) is 10.3. The Morgan fingerprint density at radius 2 is 1.96 bits per heavy atom. The highest BCUT2D eigenvalue weighted by molar-refractivity contribution is 5.81. The van der Waals surface area contributed by atoms with Crippen LogP contribution in [0.1, 0.15) is 63.4 Å². The fraction of sp³-hybridized carbons (Fsp3) is 0.682. The zero-order chi connectivity index (χ0) is 18.8. The van der Waals surface area contributed by atoms with E-state index in [1.54, 1.807) is 13.0 Å². The van der Waals surface area contributed by atoms with Gasteiger partial charge in [-0.05, 0) is 81.5 Å². The maximum absolute atomic E-state index is 13.9. The summed E-state index contributed by atoms with van der Waals surface area (Å²) in [5.74, 6) is 1.26. The molecule has 1 aromatic rings. The fourth-order valence-corrected chi connectivity index (χ4v) is 5.39. The van der Waals surface area contributed by atoms with E-state index < -0.39 is 5.60 Å². The maximum atomic E-state index is 13.9. The van der Waals surface area contributed by atoms with Gasteiger partial charge in [-0.15, -0.1) is 0 Å². The van der Waals surface area contributed by atoms with Gasteiger partial charge in [0.05, 0.1) is 11.7 Å². The number of carbonyl (C=O) groups is 1. The minimum atomic E-state index is -0.649. The van der Waals surface area contributed by atoms with E-state index in [-0.39, 0.29) is 29.2 Å². The lowest BCUT2D eigenvalue weighted by molar-refractivity contribution is -0.161. The summed E-state index contributed by atoms with van der Waals surface area (Å²) in [7, 11) is 0. The number of likely N-dealkylation sites (tertiary alicyclic amines) is 1. The highest BCUT2D eigenvalue weighted by Gasteiger charge is 2.53. The quantitative estimate of drug-likeness (QED) is 0.877. The number of nitrogens with zero attached hydrogens (tertiary/aromatic N) is 1. The largest absolute Gasteiger partial charge is 0.490 e. The summed E-state index contributed by atoms with van der Waals surface area (Å²) >= 11 is 0. The van der Waals surface area contributed by atoms with Crippen molar-refractivity contribution in [2.75, 3.05) is 13.1 Å². The van der Waals surface area contributed by atoms with Crippen LogP contribution in [0.5, 0.6) is 5.75 Å². The van der Waals surface area contributed by atoms with Crippen LogP contribution in [0.15, 0.2) is 18.2 Å². The number of hydrogen-bond donors (Lipinski definition) is 1. The molecule has 3 saturated carbocycles. The van der Waals surface area contributed by atoms with Crippen molar-refractivity contribution in [3.8, 4) is 5.75 Å². The Hall–Kier alpha value is -1.62. The van der Waals surface area contributed by atoms with Crippen LogP contribution in [-0.4, -0.2) is 40.7 Å². The summed E-state index contributed by atoms with van der Waals surface area (Å²) in [5.41, 5.74) is 0.354. The van der Waals surface area contributed by atoms with Gasteiger partial charge in [-0.2, -0.15) is 0 Å². The van der Waals surface area contributed by atoms with Crippen molar-refractivity contribution in [1.29, 1.82) is 0 Å². The first-order valence-corrected chi connectivity index (χ1v) is 10.3. The van der Waals surface area contributed by atoms with Crippen molar-refractivity contribution >= 4 is 5.91 Å². The van der Waals surface area contributed by atoms with Gasteiger partial charge in [0.2, 0.25) is 5.91 Å². The van der Waals surface area contributed by atoms with Gasteiger partial charge in [0.1, 0.15) is 11.6 Å². The van der Waals surface area contributed by atoms with Crippen LogP contribution < -0.4 is 4.74 Å². The van der Waals surface area contributed by atoms with Crippen molar-refractivity contribution < 1.29 is 19.0 Å². The number of rotatable bonds is 4. The van der Waals surface area contributed by atoms with Gasteiger partial charge >= 0.3 is 0 Å². The molecule has 1 aliphatic heterocycles. The third kappa shape index (κ3) is 3.24. The Balaban J connectivity index is 1.15. The van der Waals surface area contributed by atoms with Gasteiger partial charge in [-0.1, -0.05) is 0 Å². The van der Waals surface area contributed by atoms with Crippen LogP contribution in [0.3, 0.4) is 0 Å². The van der Waals surface area contributed by atoms with Crippen molar-refractivity contribution in [2.45, 2.75) is 69.5 Å². The van der Waals surface area contributed by atoms with E-state index in [4.69, 9.17) is 4.74 Å². The number of halogens is 1. The van der Waals surface area contributed by atoms with Crippen molar-refractivity contribution in [3.05, 3.63) is 29.6 Å². The number of carbonyl (C=O) groups excluding carboxylic acids is 1. The standard InChI is InChI=1S/C22H28FNO3/c1-21(26)9-15(10-21)20(25)24-12-22(13-24)7-6-17(11-22)27-16-4-5-19(23)18(8-16)14-2-3-14/h4-5,8,14-15,17,26H,2-3,6-7,9-13H2,1H3. The second kappa shape index (κ2) is 5.94. The van der Waals surface area contributed by atoms with Gasteiger partial charge in [0.25, 0.3) is 0 Å². The molecule has 1 N–H and O–H groups in total. The lowest BCUT2D eigenvalue weighted by atomic mass is 9.70. The van der Waals surface area contributed by atoms with Crippen LogP contribution in [0.2, 0.25) is 0 Å². The third-order valence-electron chi connectivity index (χ3n) is 7.03. The zero-order valence-corrected chi connectivity index (χ0v) is 15.9. The molecule has 4 aliphatic rings. The molecule has 5 rings (SSSR count). The highest BCUT2D eigenvalue weighted by Crippen LogP contribution is 2.49. The molecule has 0 aromatic heterocycles. The molecule has 1 aromatic carbocycles. The van der Waals surface area contributed by atoms with Gasteiger partial charge in [-0.25, -0.2) is 4.39 Å². The minimum absolute atomic E-state index is 0.00543. The summed E-state index contributed by atoms with van der Waals surface area (Å²) < 4.78 is 20.1. The molecule has 1 amide bonds. The van der Waals surface area contributed by atoms with Gasteiger partial charge in [0, 0.05) is 24.4 Å². The molecule has 146 valence electrons. The predicted molar refractivity (Wildman–Crippen MR) is 99.0 cm³/mol. The first-order chi connectivity index (χ1) is 12.8. The Bertz CT molecular complexity index is 759.